The topological polar surface area (TPSA) is 143 Å². The van der Waals surface area contributed by atoms with Crippen LogP contribution >= 0.6 is 0 Å². The number of nitrogens with one attached hydrogen (secondary N) is 2. The third-order valence-corrected chi connectivity index (χ3v) is 8.24. The molecule has 3 aromatic carbocycles. The first kappa shape index (κ1) is 31.2. The number of carboxylic acid groups (broad SMARTS) is 1. The van der Waals surface area contributed by atoms with Crippen molar-refractivity contribution in [1.29, 1.82) is 5.26 Å². The lowest BCUT2D eigenvalue weighted by atomic mass is 10.0. The van der Waals surface area contributed by atoms with E-state index in [0.29, 0.717) is 41.2 Å². The van der Waals surface area contributed by atoms with Crippen LogP contribution in [0.5, 0.6) is 0 Å². The Morgan fingerprint density at radius 2 is 1.62 bits per heavy atom. The molecule has 1 aliphatic carbocycles. The molecule has 1 heterocycles. The zero-order valence-corrected chi connectivity index (χ0v) is 25.0. The smallest absolute Gasteiger partial charge is 0.305 e. The van der Waals surface area contributed by atoms with Crippen LogP contribution in [0, 0.1) is 23.1 Å². The molecule has 2 aliphatic rings. The number of aliphatic carboxylic acids is 1. The standard InChI is InChI=1S/C34H34FN5O5/c1-20-19-40(34(45)25-5-3-22(17-36)4-6-25)21(2)18-39(20)30-14-11-26(15-29(30)38-32(43)24-7-8-24)33(44)37-28(16-31(41)42)23-9-12-27(35)13-10-23/h3-6,9-15,20-21,24,28H,7-8,16,18-19H2,1-2H3,(H,37,44)(H,38,43)(H,41,42). The fourth-order valence-corrected chi connectivity index (χ4v) is 5.57. The number of carbonyl (C=O) groups excluding carboxylic acids is 3. The highest BCUT2D eigenvalue weighted by molar-refractivity contribution is 6.01. The van der Waals surface area contributed by atoms with Gasteiger partial charge in [-0.3, -0.25) is 19.2 Å². The van der Waals surface area contributed by atoms with E-state index in [1.165, 1.54) is 24.3 Å². The van der Waals surface area contributed by atoms with Gasteiger partial charge in [0.05, 0.1) is 35.5 Å². The van der Waals surface area contributed by atoms with Gasteiger partial charge in [0.25, 0.3) is 11.8 Å². The molecular formula is C34H34FN5O5. The molecule has 1 aliphatic heterocycles. The van der Waals surface area contributed by atoms with Gasteiger partial charge in [-0.15, -0.1) is 0 Å². The number of hydrogen-bond donors (Lipinski definition) is 3. The molecule has 3 N–H and O–H groups in total. The second kappa shape index (κ2) is 13.2. The van der Waals surface area contributed by atoms with Gasteiger partial charge in [-0.2, -0.15) is 5.26 Å². The van der Waals surface area contributed by atoms with E-state index in [1.54, 1.807) is 47.4 Å². The highest BCUT2D eigenvalue weighted by atomic mass is 19.1. The number of carboxylic acids is 1. The van der Waals surface area contributed by atoms with Crippen LogP contribution in [-0.4, -0.2) is 58.9 Å². The van der Waals surface area contributed by atoms with Gasteiger partial charge >= 0.3 is 5.97 Å². The molecule has 0 bridgehead atoms. The van der Waals surface area contributed by atoms with Gasteiger partial charge in [0, 0.05) is 42.2 Å². The van der Waals surface area contributed by atoms with Crippen LogP contribution in [0.25, 0.3) is 0 Å². The lowest BCUT2D eigenvalue weighted by molar-refractivity contribution is -0.137. The fraction of sp³-hybridized carbons (Fsp3) is 0.324. The Kier molecular flexibility index (Phi) is 9.13. The maximum atomic E-state index is 13.5. The highest BCUT2D eigenvalue weighted by Gasteiger charge is 2.35. The Hall–Kier alpha value is -5.24. The summed E-state index contributed by atoms with van der Waals surface area (Å²) in [6.45, 7) is 4.80. The van der Waals surface area contributed by atoms with Crippen LogP contribution in [0.3, 0.4) is 0 Å². The quantitative estimate of drug-likeness (QED) is 0.318. The van der Waals surface area contributed by atoms with Gasteiger partial charge in [0.2, 0.25) is 5.91 Å². The number of hydrogen-bond acceptors (Lipinski definition) is 6. The molecule has 11 heteroatoms. The molecule has 1 saturated heterocycles. The highest BCUT2D eigenvalue weighted by Crippen LogP contribution is 2.35. The van der Waals surface area contributed by atoms with E-state index >= 15 is 0 Å². The number of nitriles is 1. The maximum absolute atomic E-state index is 13.5. The second-order valence-corrected chi connectivity index (χ2v) is 11.7. The Morgan fingerprint density at radius 1 is 0.956 bits per heavy atom. The number of piperazine rings is 1. The molecular weight excluding hydrogens is 577 g/mol. The number of anilines is 2. The molecule has 2 fully saturated rings. The Morgan fingerprint density at radius 3 is 2.24 bits per heavy atom. The molecule has 3 unspecified atom stereocenters. The number of rotatable bonds is 9. The average Bonchev–Trinajstić information content (AvgIpc) is 3.88. The zero-order valence-electron chi connectivity index (χ0n) is 25.0. The van der Waals surface area contributed by atoms with Crippen LogP contribution in [0.2, 0.25) is 0 Å². The summed E-state index contributed by atoms with van der Waals surface area (Å²) in [5.74, 6) is -2.51. The lowest BCUT2D eigenvalue weighted by Gasteiger charge is -2.46. The number of halogens is 1. The van der Waals surface area contributed by atoms with E-state index in [-0.39, 0.29) is 35.4 Å². The monoisotopic (exact) mass is 611 g/mol. The minimum absolute atomic E-state index is 0.0907. The first-order valence-electron chi connectivity index (χ1n) is 14.8. The van der Waals surface area contributed by atoms with E-state index in [1.807, 2.05) is 13.8 Å². The molecule has 3 atom stereocenters. The third-order valence-electron chi connectivity index (χ3n) is 8.24. The lowest BCUT2D eigenvalue weighted by Crippen LogP contribution is -2.58. The molecule has 5 rings (SSSR count). The van der Waals surface area contributed by atoms with Gasteiger partial charge in [-0.1, -0.05) is 12.1 Å². The molecule has 0 spiro atoms. The molecule has 0 aromatic heterocycles. The van der Waals surface area contributed by atoms with Crippen molar-refractivity contribution in [2.45, 2.75) is 51.2 Å². The molecule has 3 aromatic rings. The van der Waals surface area contributed by atoms with Crippen molar-refractivity contribution in [1.82, 2.24) is 10.2 Å². The van der Waals surface area contributed by atoms with Crippen LogP contribution in [0.15, 0.2) is 66.7 Å². The van der Waals surface area contributed by atoms with Gasteiger partial charge in [-0.05, 0) is 86.8 Å². The predicted octanol–water partition coefficient (Wildman–Crippen LogP) is 4.73. The zero-order chi connectivity index (χ0) is 32.2. The minimum atomic E-state index is -1.13. The minimum Gasteiger partial charge on any atom is -0.481 e. The molecule has 10 nitrogen and oxygen atoms in total. The van der Waals surface area contributed by atoms with Gasteiger partial charge < -0.3 is 25.5 Å². The second-order valence-electron chi connectivity index (χ2n) is 11.7. The summed E-state index contributed by atoms with van der Waals surface area (Å²) in [6.07, 6.45) is 1.18. The molecule has 1 saturated carbocycles. The molecule has 45 heavy (non-hydrogen) atoms. The van der Waals surface area contributed by atoms with Crippen LogP contribution in [-0.2, 0) is 9.59 Å². The summed E-state index contributed by atoms with van der Waals surface area (Å²) in [6, 6.07) is 17.6. The van der Waals surface area contributed by atoms with E-state index in [9.17, 15) is 28.7 Å². The fourth-order valence-electron chi connectivity index (χ4n) is 5.57. The van der Waals surface area contributed by atoms with Crippen molar-refractivity contribution in [3.63, 3.8) is 0 Å². The van der Waals surface area contributed by atoms with Crippen molar-refractivity contribution < 1.29 is 28.7 Å². The van der Waals surface area contributed by atoms with Gasteiger partial charge in [0.1, 0.15) is 5.82 Å². The third kappa shape index (κ3) is 7.29. The van der Waals surface area contributed by atoms with Crippen LogP contribution in [0.1, 0.15) is 71.0 Å². The summed E-state index contributed by atoms with van der Waals surface area (Å²) in [4.78, 5) is 55.1. The number of nitrogens with zero attached hydrogens (tertiary/aromatic N) is 3. The molecule has 3 amide bonds. The van der Waals surface area contributed by atoms with E-state index in [2.05, 4.69) is 21.6 Å². The Balaban J connectivity index is 1.38. The summed E-state index contributed by atoms with van der Waals surface area (Å²) >= 11 is 0. The van der Waals surface area contributed by atoms with Crippen molar-refractivity contribution in [2.24, 2.45) is 5.92 Å². The SMILES string of the molecule is CC1CN(c2ccc(C(=O)NC(CC(=O)O)c3ccc(F)cc3)cc2NC(=O)C2CC2)C(C)CN1C(=O)c1ccc(C#N)cc1. The van der Waals surface area contributed by atoms with E-state index in [0.717, 1.165) is 12.8 Å². The van der Waals surface area contributed by atoms with Crippen molar-refractivity contribution in [2.75, 3.05) is 23.3 Å². The number of amides is 3. The van der Waals surface area contributed by atoms with E-state index < -0.39 is 30.2 Å². The van der Waals surface area contributed by atoms with Crippen molar-refractivity contribution >= 4 is 35.1 Å². The van der Waals surface area contributed by atoms with Gasteiger partial charge in [0.15, 0.2) is 0 Å². The Labute approximate surface area is 260 Å². The average molecular weight is 612 g/mol. The van der Waals surface area contributed by atoms with Crippen LogP contribution < -0.4 is 15.5 Å². The number of carbonyl (C=O) groups is 4. The van der Waals surface area contributed by atoms with Crippen molar-refractivity contribution in [3.05, 3.63) is 94.8 Å². The molecule has 232 valence electrons. The van der Waals surface area contributed by atoms with Crippen molar-refractivity contribution in [3.8, 4) is 6.07 Å². The maximum Gasteiger partial charge on any atom is 0.305 e. The molecule has 0 radical (unpaired) electrons. The normalized spacial score (nSPS) is 18.4. The first-order valence-corrected chi connectivity index (χ1v) is 14.8. The first-order chi connectivity index (χ1) is 21.5. The number of benzene rings is 3. The Bertz CT molecular complexity index is 1650. The summed E-state index contributed by atoms with van der Waals surface area (Å²) in [5, 5.41) is 24.2. The summed E-state index contributed by atoms with van der Waals surface area (Å²) in [7, 11) is 0. The van der Waals surface area contributed by atoms with E-state index in [4.69, 9.17) is 5.26 Å². The van der Waals surface area contributed by atoms with Gasteiger partial charge in [-0.25, -0.2) is 4.39 Å². The summed E-state index contributed by atoms with van der Waals surface area (Å²) in [5.41, 5.74) is 2.78. The van der Waals surface area contributed by atoms with Crippen LogP contribution in [0.4, 0.5) is 15.8 Å². The predicted molar refractivity (Wildman–Crippen MR) is 165 cm³/mol. The largest absolute Gasteiger partial charge is 0.481 e. The summed E-state index contributed by atoms with van der Waals surface area (Å²) < 4.78 is 13.5.